The zero-order valence-corrected chi connectivity index (χ0v) is 17.1. The van der Waals surface area contributed by atoms with E-state index < -0.39 is 0 Å². The maximum atomic E-state index is 12.9. The maximum Gasteiger partial charge on any atom is 0.310 e. The van der Waals surface area contributed by atoms with Crippen molar-refractivity contribution >= 4 is 11.9 Å². The molecule has 0 bridgehead atoms. The van der Waals surface area contributed by atoms with Crippen molar-refractivity contribution < 1.29 is 28.2 Å². The molecule has 2 heterocycles. The smallest absolute Gasteiger partial charge is 0.310 e. The number of likely N-dealkylation sites (tertiary alicyclic amines) is 1. The van der Waals surface area contributed by atoms with Crippen LogP contribution in [-0.4, -0.2) is 50.7 Å². The molecule has 1 amide bonds. The van der Waals surface area contributed by atoms with Crippen LogP contribution >= 0.6 is 0 Å². The molecule has 7 heteroatoms. The number of carbonyl (C=O) groups excluding carboxylic acids is 2. The lowest BCUT2D eigenvalue weighted by Gasteiger charge is -2.30. The third-order valence-electron chi connectivity index (χ3n) is 5.05. The van der Waals surface area contributed by atoms with E-state index in [0.717, 1.165) is 29.9 Å². The largest absolute Gasteiger partial charge is 0.497 e. The number of piperidine rings is 1. The van der Waals surface area contributed by atoms with Gasteiger partial charge in [-0.15, -0.1) is 0 Å². The summed E-state index contributed by atoms with van der Waals surface area (Å²) in [5.74, 6) is 1.65. The van der Waals surface area contributed by atoms with Gasteiger partial charge < -0.3 is 23.5 Å². The van der Waals surface area contributed by atoms with Crippen LogP contribution in [0.15, 0.2) is 34.7 Å². The second-order valence-corrected chi connectivity index (χ2v) is 6.96. The summed E-state index contributed by atoms with van der Waals surface area (Å²) in [6, 6.07) is 9.02. The summed E-state index contributed by atoms with van der Waals surface area (Å²) >= 11 is 0. The number of esters is 1. The van der Waals surface area contributed by atoms with Gasteiger partial charge in [0.15, 0.2) is 5.76 Å². The highest BCUT2D eigenvalue weighted by molar-refractivity contribution is 5.92. The summed E-state index contributed by atoms with van der Waals surface area (Å²) in [5.41, 5.74) is 0.903. The van der Waals surface area contributed by atoms with Gasteiger partial charge in [-0.1, -0.05) is 0 Å². The van der Waals surface area contributed by atoms with Crippen molar-refractivity contribution in [3.63, 3.8) is 0 Å². The van der Waals surface area contributed by atoms with Crippen molar-refractivity contribution in [2.45, 2.75) is 26.2 Å². The molecule has 1 atom stereocenters. The number of furan rings is 1. The standard InChI is InChI=1S/C22H27NO6/c1-4-28-22(25)15-6-5-11-23(14-15)21(24)20-10-8-18(29-20)13-16-12-17(26-2)7-9-19(16)27-3/h7-10,12,15H,4-6,11,13-14H2,1-3H3. The zero-order chi connectivity index (χ0) is 20.8. The minimum Gasteiger partial charge on any atom is -0.497 e. The lowest BCUT2D eigenvalue weighted by molar-refractivity contribution is -0.149. The van der Waals surface area contributed by atoms with Crippen LogP contribution in [0.5, 0.6) is 11.5 Å². The van der Waals surface area contributed by atoms with Crippen molar-refractivity contribution in [3.05, 3.63) is 47.4 Å². The number of methoxy groups -OCH3 is 2. The number of hydrogen-bond donors (Lipinski definition) is 0. The van der Waals surface area contributed by atoms with Crippen molar-refractivity contribution in [3.8, 4) is 11.5 Å². The molecule has 1 aromatic carbocycles. The summed E-state index contributed by atoms with van der Waals surface area (Å²) in [5, 5.41) is 0. The van der Waals surface area contributed by atoms with Gasteiger partial charge in [0.25, 0.3) is 5.91 Å². The molecule has 1 saturated heterocycles. The van der Waals surface area contributed by atoms with Gasteiger partial charge in [-0.05, 0) is 50.1 Å². The molecule has 2 aromatic rings. The summed E-state index contributed by atoms with van der Waals surface area (Å²) in [6.45, 7) is 3.09. The minimum absolute atomic E-state index is 0.206. The fourth-order valence-electron chi connectivity index (χ4n) is 3.57. The fraction of sp³-hybridized carbons (Fsp3) is 0.455. The second kappa shape index (κ2) is 9.49. The van der Waals surface area contributed by atoms with Gasteiger partial charge in [0.2, 0.25) is 0 Å². The number of nitrogens with zero attached hydrogens (tertiary/aromatic N) is 1. The van der Waals surface area contributed by atoms with Crippen LogP contribution in [0, 0.1) is 5.92 Å². The Kier molecular flexibility index (Phi) is 6.80. The molecule has 1 unspecified atom stereocenters. The van der Waals surface area contributed by atoms with Gasteiger partial charge in [0.05, 0.1) is 26.7 Å². The summed E-state index contributed by atoms with van der Waals surface area (Å²) in [7, 11) is 3.22. The van der Waals surface area contributed by atoms with Gasteiger partial charge in [0.1, 0.15) is 17.3 Å². The molecule has 0 spiro atoms. The monoisotopic (exact) mass is 401 g/mol. The van der Waals surface area contributed by atoms with E-state index >= 15 is 0 Å². The molecule has 29 heavy (non-hydrogen) atoms. The molecule has 1 aliphatic rings. The van der Waals surface area contributed by atoms with E-state index in [-0.39, 0.29) is 23.6 Å². The molecule has 1 aromatic heterocycles. The third-order valence-corrected chi connectivity index (χ3v) is 5.05. The molecule has 156 valence electrons. The molecule has 1 aliphatic heterocycles. The summed E-state index contributed by atoms with van der Waals surface area (Å²) in [6.07, 6.45) is 1.98. The van der Waals surface area contributed by atoms with Crippen molar-refractivity contribution in [1.82, 2.24) is 4.90 Å². The third kappa shape index (κ3) is 4.91. The van der Waals surface area contributed by atoms with E-state index in [1.807, 2.05) is 18.2 Å². The van der Waals surface area contributed by atoms with E-state index in [0.29, 0.717) is 31.9 Å². The average Bonchev–Trinajstić information content (AvgIpc) is 3.21. The van der Waals surface area contributed by atoms with Crippen molar-refractivity contribution in [2.24, 2.45) is 5.92 Å². The van der Waals surface area contributed by atoms with Gasteiger partial charge in [0, 0.05) is 25.1 Å². The number of rotatable bonds is 7. The molecule has 0 radical (unpaired) electrons. The van der Waals surface area contributed by atoms with Gasteiger partial charge in [-0.2, -0.15) is 0 Å². The molecule has 3 rings (SSSR count). The van der Waals surface area contributed by atoms with Crippen LogP contribution in [0.4, 0.5) is 0 Å². The predicted octanol–water partition coefficient (Wildman–Crippen LogP) is 3.30. The zero-order valence-electron chi connectivity index (χ0n) is 17.1. The molecule has 0 aliphatic carbocycles. The average molecular weight is 401 g/mol. The Balaban J connectivity index is 1.70. The first-order chi connectivity index (χ1) is 14.0. The Labute approximate surface area is 170 Å². The topological polar surface area (TPSA) is 78.2 Å². The number of ether oxygens (including phenoxy) is 3. The van der Waals surface area contributed by atoms with Crippen LogP contribution in [-0.2, 0) is 16.0 Å². The Morgan fingerprint density at radius 3 is 2.72 bits per heavy atom. The van der Waals surface area contributed by atoms with Crippen LogP contribution in [0.25, 0.3) is 0 Å². The summed E-state index contributed by atoms with van der Waals surface area (Å²) in [4.78, 5) is 26.5. The Bertz CT molecular complexity index is 859. The highest BCUT2D eigenvalue weighted by atomic mass is 16.5. The molecular formula is C22H27NO6. The maximum absolute atomic E-state index is 12.9. The molecule has 0 N–H and O–H groups in total. The fourth-order valence-corrected chi connectivity index (χ4v) is 3.57. The van der Waals surface area contributed by atoms with Crippen LogP contribution in [0.3, 0.4) is 0 Å². The van der Waals surface area contributed by atoms with E-state index in [4.69, 9.17) is 18.6 Å². The molecule has 0 saturated carbocycles. The first kappa shape index (κ1) is 20.8. The Morgan fingerprint density at radius 2 is 2.00 bits per heavy atom. The highest BCUT2D eigenvalue weighted by Crippen LogP contribution is 2.27. The number of hydrogen-bond acceptors (Lipinski definition) is 6. The predicted molar refractivity (Wildman–Crippen MR) is 106 cm³/mol. The first-order valence-electron chi connectivity index (χ1n) is 9.81. The van der Waals surface area contributed by atoms with Crippen LogP contribution < -0.4 is 9.47 Å². The number of amides is 1. The van der Waals surface area contributed by atoms with Crippen LogP contribution in [0.2, 0.25) is 0 Å². The van der Waals surface area contributed by atoms with Crippen molar-refractivity contribution in [1.29, 1.82) is 0 Å². The van der Waals surface area contributed by atoms with Crippen molar-refractivity contribution in [2.75, 3.05) is 33.9 Å². The number of carbonyl (C=O) groups is 2. The van der Waals surface area contributed by atoms with E-state index in [1.165, 1.54) is 0 Å². The first-order valence-corrected chi connectivity index (χ1v) is 9.81. The lowest BCUT2D eigenvalue weighted by atomic mass is 9.98. The minimum atomic E-state index is -0.275. The van der Waals surface area contributed by atoms with Gasteiger partial charge >= 0.3 is 5.97 Å². The normalized spacial score (nSPS) is 16.4. The van der Waals surface area contributed by atoms with E-state index in [1.54, 1.807) is 38.2 Å². The van der Waals surface area contributed by atoms with E-state index in [9.17, 15) is 9.59 Å². The Hall–Kier alpha value is -2.96. The van der Waals surface area contributed by atoms with Gasteiger partial charge in [-0.3, -0.25) is 9.59 Å². The Morgan fingerprint density at radius 1 is 1.17 bits per heavy atom. The van der Waals surface area contributed by atoms with E-state index in [2.05, 4.69) is 0 Å². The highest BCUT2D eigenvalue weighted by Gasteiger charge is 2.31. The summed E-state index contributed by atoms with van der Waals surface area (Å²) < 4.78 is 21.6. The molecular weight excluding hydrogens is 374 g/mol. The molecule has 1 fully saturated rings. The lowest BCUT2D eigenvalue weighted by Crippen LogP contribution is -2.42. The number of benzene rings is 1. The van der Waals surface area contributed by atoms with Crippen LogP contribution in [0.1, 0.15) is 41.6 Å². The second-order valence-electron chi connectivity index (χ2n) is 6.96. The van der Waals surface area contributed by atoms with Gasteiger partial charge in [-0.25, -0.2) is 0 Å². The molecule has 7 nitrogen and oxygen atoms in total. The SMILES string of the molecule is CCOC(=O)C1CCCN(C(=O)c2ccc(Cc3cc(OC)ccc3OC)o2)C1. The quantitative estimate of drug-likeness (QED) is 0.663.